The molecule has 13 nitrogen and oxygen atoms in total. The highest BCUT2D eigenvalue weighted by molar-refractivity contribution is 7.47. The van der Waals surface area contributed by atoms with Crippen LogP contribution >= 0.6 is 7.82 Å². The van der Waals surface area contributed by atoms with Gasteiger partial charge in [0.05, 0.1) is 6.61 Å². The zero-order valence-electron chi connectivity index (χ0n) is 36.1. The minimum atomic E-state index is -5.13. The lowest BCUT2D eigenvalue weighted by Gasteiger charge is -2.41. The van der Waals surface area contributed by atoms with Gasteiger partial charge in [0.1, 0.15) is 43.2 Å². The molecule has 1 rings (SSSR count). The van der Waals surface area contributed by atoms with Crippen molar-refractivity contribution in [2.24, 2.45) is 0 Å². The van der Waals surface area contributed by atoms with Gasteiger partial charge in [0.15, 0.2) is 6.10 Å². The minimum absolute atomic E-state index is 0.0718. The van der Waals surface area contributed by atoms with Crippen LogP contribution in [-0.2, 0) is 32.7 Å². The van der Waals surface area contributed by atoms with Crippen LogP contribution in [0.4, 0.5) is 0 Å². The third kappa shape index (κ3) is 28.2. The molecule has 1 aliphatic carbocycles. The number of carbonyl (C=O) groups excluding carboxylic acids is 2. The molecule has 59 heavy (non-hydrogen) atoms. The first kappa shape index (κ1) is 54.9. The van der Waals surface area contributed by atoms with E-state index in [0.717, 1.165) is 77.0 Å². The highest BCUT2D eigenvalue weighted by Gasteiger charge is 2.51. The van der Waals surface area contributed by atoms with E-state index in [-0.39, 0.29) is 12.8 Å². The molecular formula is C45H79O13P. The third-order valence-corrected chi connectivity index (χ3v) is 11.3. The highest BCUT2D eigenvalue weighted by Crippen LogP contribution is 2.47. The van der Waals surface area contributed by atoms with E-state index >= 15 is 0 Å². The van der Waals surface area contributed by atoms with Crippen molar-refractivity contribution < 1.29 is 63.1 Å². The summed E-state index contributed by atoms with van der Waals surface area (Å²) in [6, 6.07) is 0. The summed E-state index contributed by atoms with van der Waals surface area (Å²) in [6.07, 6.45) is 20.8. The number of aliphatic hydroxyl groups excluding tert-OH is 5. The second-order valence-electron chi connectivity index (χ2n) is 15.8. The van der Waals surface area contributed by atoms with Crippen LogP contribution in [0.3, 0.4) is 0 Å². The Kier molecular flexibility index (Phi) is 33.0. The molecule has 0 aromatic carbocycles. The van der Waals surface area contributed by atoms with Gasteiger partial charge >= 0.3 is 19.8 Å². The summed E-state index contributed by atoms with van der Waals surface area (Å²) in [5, 5.41) is 50.1. The van der Waals surface area contributed by atoms with Crippen molar-refractivity contribution in [2.45, 2.75) is 224 Å². The lowest BCUT2D eigenvalue weighted by molar-refractivity contribution is -0.220. The number of aliphatic hydroxyl groups is 5. The molecule has 14 heteroatoms. The van der Waals surface area contributed by atoms with E-state index in [1.165, 1.54) is 64.2 Å². The van der Waals surface area contributed by atoms with Crippen molar-refractivity contribution in [1.82, 2.24) is 0 Å². The number of hydrogen-bond donors (Lipinski definition) is 6. The molecule has 342 valence electrons. The quantitative estimate of drug-likeness (QED) is 0.0152. The average molecular weight is 859 g/mol. The van der Waals surface area contributed by atoms with E-state index in [1.54, 1.807) is 0 Å². The molecular weight excluding hydrogens is 779 g/mol. The number of esters is 2. The van der Waals surface area contributed by atoms with Gasteiger partial charge in [-0.25, -0.2) is 4.57 Å². The van der Waals surface area contributed by atoms with Crippen LogP contribution < -0.4 is 0 Å². The van der Waals surface area contributed by atoms with Gasteiger partial charge in [-0.2, -0.15) is 0 Å². The van der Waals surface area contributed by atoms with Gasteiger partial charge in [-0.05, 0) is 88.5 Å². The number of phosphoric ester groups is 1. The Morgan fingerprint density at radius 1 is 0.542 bits per heavy atom. The first-order valence-corrected chi connectivity index (χ1v) is 24.1. The smallest absolute Gasteiger partial charge is 0.462 e. The van der Waals surface area contributed by atoms with Gasteiger partial charge in [0.2, 0.25) is 0 Å². The molecule has 0 saturated heterocycles. The zero-order valence-corrected chi connectivity index (χ0v) is 37.0. The van der Waals surface area contributed by atoms with Gasteiger partial charge in [-0.3, -0.25) is 18.6 Å². The SMILES string of the molecule is CCCCCCCC=C=CCCCCCCCC(=O)OC[C@H](COP(=O)(O)OC1[C@@H](O)[C@H](O)C(O)[C@H](O)[C@@H]1O)OC(=O)CCCCCCCC=C=CCCCCCCC. The van der Waals surface area contributed by atoms with Crippen LogP contribution in [0.1, 0.15) is 181 Å². The number of rotatable bonds is 36. The summed E-state index contributed by atoms with van der Waals surface area (Å²) in [7, 11) is -5.13. The van der Waals surface area contributed by atoms with Crippen LogP contribution in [0, 0.1) is 0 Å². The maximum atomic E-state index is 12.8. The molecule has 6 N–H and O–H groups in total. The molecule has 0 amide bonds. The van der Waals surface area contributed by atoms with E-state index in [4.69, 9.17) is 18.5 Å². The van der Waals surface area contributed by atoms with Gasteiger partial charge in [-0.15, -0.1) is 11.5 Å². The van der Waals surface area contributed by atoms with Crippen molar-refractivity contribution in [1.29, 1.82) is 0 Å². The van der Waals surface area contributed by atoms with Crippen molar-refractivity contribution in [2.75, 3.05) is 13.2 Å². The van der Waals surface area contributed by atoms with Crippen LogP contribution in [0.2, 0.25) is 0 Å². The first-order chi connectivity index (χ1) is 28.4. The lowest BCUT2D eigenvalue weighted by atomic mass is 9.85. The minimum Gasteiger partial charge on any atom is -0.462 e. The van der Waals surface area contributed by atoms with Crippen molar-refractivity contribution >= 4 is 19.8 Å². The Bertz CT molecular complexity index is 1250. The molecule has 1 fully saturated rings. The largest absolute Gasteiger partial charge is 0.472 e. The number of ether oxygens (including phenoxy) is 2. The van der Waals surface area contributed by atoms with Gasteiger partial charge < -0.3 is 39.9 Å². The molecule has 0 heterocycles. The van der Waals surface area contributed by atoms with Gasteiger partial charge in [0, 0.05) is 12.8 Å². The van der Waals surface area contributed by atoms with E-state index in [0.29, 0.717) is 12.8 Å². The molecule has 0 spiro atoms. The fourth-order valence-electron chi connectivity index (χ4n) is 6.59. The predicted octanol–water partition coefficient (Wildman–Crippen LogP) is 8.37. The van der Waals surface area contributed by atoms with Crippen LogP contribution in [0.25, 0.3) is 0 Å². The predicted molar refractivity (Wildman–Crippen MR) is 228 cm³/mol. The summed E-state index contributed by atoms with van der Waals surface area (Å²) in [4.78, 5) is 35.6. The molecule has 1 aliphatic rings. The number of hydrogen-bond acceptors (Lipinski definition) is 12. The van der Waals surface area contributed by atoms with Crippen molar-refractivity contribution in [3.05, 3.63) is 35.8 Å². The van der Waals surface area contributed by atoms with E-state index < -0.39 is 75.7 Å². The first-order valence-electron chi connectivity index (χ1n) is 22.6. The average Bonchev–Trinajstić information content (AvgIpc) is 3.21. The molecule has 3 unspecified atom stereocenters. The normalized spacial score (nSPS) is 21.7. The molecule has 0 bridgehead atoms. The maximum absolute atomic E-state index is 12.8. The number of unbranched alkanes of at least 4 members (excludes halogenated alkanes) is 20. The lowest BCUT2D eigenvalue weighted by Crippen LogP contribution is -2.64. The number of carbonyl (C=O) groups is 2. The fraction of sp³-hybridized carbons (Fsp3) is 0.822. The zero-order chi connectivity index (χ0) is 43.6. The van der Waals surface area contributed by atoms with Crippen molar-refractivity contribution in [3.63, 3.8) is 0 Å². The fourth-order valence-corrected chi connectivity index (χ4v) is 7.57. The standard InChI is InChI=1S/C45H79O13P/c1-3-5-7-9-11-13-15-17-19-21-23-25-27-29-31-33-38(46)55-35-37(36-56-59(53,54)58-45-43(51)41(49)40(48)42(50)44(45)52)57-39(47)34-32-30-28-26-24-22-20-18-16-14-12-10-8-6-4-2/h15-16,19-20,37,40-45,48-52H,3-14,21-36H2,1-2H3,(H,53,54)/t17?,18?,37-,40?,41-,42+,43+,44+,45?/m1/s1. The van der Waals surface area contributed by atoms with Gasteiger partial charge in [-0.1, -0.05) is 104 Å². The summed E-state index contributed by atoms with van der Waals surface area (Å²) < 4.78 is 33.4. The second kappa shape index (κ2) is 35.5. The number of allylic oxidation sites excluding steroid dienone is 2. The topological polar surface area (TPSA) is 210 Å². The monoisotopic (exact) mass is 859 g/mol. The molecule has 8 atom stereocenters. The van der Waals surface area contributed by atoms with E-state index in [2.05, 4.69) is 49.6 Å². The van der Waals surface area contributed by atoms with E-state index in [1.807, 2.05) is 0 Å². The van der Waals surface area contributed by atoms with Crippen LogP contribution in [0.5, 0.6) is 0 Å². The second-order valence-corrected chi connectivity index (χ2v) is 17.2. The van der Waals surface area contributed by atoms with Crippen LogP contribution in [-0.4, -0.2) is 98.3 Å². The van der Waals surface area contributed by atoms with E-state index in [9.17, 15) is 44.6 Å². The Balaban J connectivity index is 2.51. The summed E-state index contributed by atoms with van der Waals surface area (Å²) >= 11 is 0. The summed E-state index contributed by atoms with van der Waals surface area (Å²) in [5.74, 6) is -1.14. The molecule has 0 aliphatic heterocycles. The number of phosphoric acid groups is 1. The summed E-state index contributed by atoms with van der Waals surface area (Å²) in [6.45, 7) is 3.22. The molecule has 0 radical (unpaired) electrons. The molecule has 1 saturated carbocycles. The Labute approximate surface area is 354 Å². The maximum Gasteiger partial charge on any atom is 0.472 e. The van der Waals surface area contributed by atoms with Crippen molar-refractivity contribution in [3.8, 4) is 0 Å². The Morgan fingerprint density at radius 2 is 0.915 bits per heavy atom. The molecule has 0 aromatic rings. The molecule has 0 aromatic heterocycles. The van der Waals surface area contributed by atoms with Crippen LogP contribution in [0.15, 0.2) is 35.8 Å². The Morgan fingerprint density at radius 3 is 1.36 bits per heavy atom. The highest BCUT2D eigenvalue weighted by atomic mass is 31.2. The summed E-state index contributed by atoms with van der Waals surface area (Å²) in [5.41, 5.74) is 6.52. The van der Waals surface area contributed by atoms with Gasteiger partial charge in [0.25, 0.3) is 0 Å². The Hall–Kier alpha value is -2.11. The third-order valence-electron chi connectivity index (χ3n) is 10.3.